The molecule has 0 aromatic carbocycles. The molecule has 0 saturated heterocycles. The van der Waals surface area contributed by atoms with E-state index in [-0.39, 0.29) is 5.60 Å². The number of hydrogen-bond acceptors (Lipinski definition) is 2. The first-order valence-electron chi connectivity index (χ1n) is 5.35. The first kappa shape index (κ1) is 11.0. The zero-order chi connectivity index (χ0) is 9.90. The summed E-state index contributed by atoms with van der Waals surface area (Å²) in [4.78, 5) is 2.38. The van der Waals surface area contributed by atoms with Gasteiger partial charge in [0.25, 0.3) is 0 Å². The molecule has 1 aliphatic rings. The highest BCUT2D eigenvalue weighted by Gasteiger charge is 2.34. The van der Waals surface area contributed by atoms with Crippen molar-refractivity contribution in [2.75, 3.05) is 20.7 Å². The molecule has 1 rings (SSSR count). The highest BCUT2D eigenvalue weighted by atomic mass is 16.5. The summed E-state index contributed by atoms with van der Waals surface area (Å²) < 4.78 is 5.68. The van der Waals surface area contributed by atoms with Crippen LogP contribution in [0.25, 0.3) is 0 Å². The summed E-state index contributed by atoms with van der Waals surface area (Å²) in [7, 11) is 4.04. The molecule has 0 N–H and O–H groups in total. The molecule has 0 bridgehead atoms. The first-order valence-corrected chi connectivity index (χ1v) is 5.35. The van der Waals surface area contributed by atoms with Crippen LogP contribution in [-0.2, 0) is 4.74 Å². The van der Waals surface area contributed by atoms with E-state index in [0.29, 0.717) is 6.04 Å². The fourth-order valence-electron chi connectivity index (χ4n) is 2.08. The Balaban J connectivity index is 2.48. The standard InChI is InChI=1S/C11H23NO/c1-10(2)12(3)9-11(13-4)7-5-6-8-11/h10H,5-9H2,1-4H3. The van der Waals surface area contributed by atoms with Crippen LogP contribution >= 0.6 is 0 Å². The van der Waals surface area contributed by atoms with Crippen molar-refractivity contribution in [1.29, 1.82) is 0 Å². The Labute approximate surface area is 82.3 Å². The van der Waals surface area contributed by atoms with E-state index in [1.54, 1.807) is 0 Å². The Bertz CT molecular complexity index is 150. The van der Waals surface area contributed by atoms with Crippen molar-refractivity contribution in [1.82, 2.24) is 4.90 Å². The molecule has 1 fully saturated rings. The van der Waals surface area contributed by atoms with Crippen LogP contribution in [0.2, 0.25) is 0 Å². The summed E-state index contributed by atoms with van der Waals surface area (Å²) in [5.41, 5.74) is 0.166. The molecule has 0 atom stereocenters. The van der Waals surface area contributed by atoms with Gasteiger partial charge in [0, 0.05) is 19.7 Å². The second-order valence-corrected chi connectivity index (χ2v) is 4.60. The molecule has 1 saturated carbocycles. The maximum atomic E-state index is 5.68. The van der Waals surface area contributed by atoms with Gasteiger partial charge in [-0.2, -0.15) is 0 Å². The second kappa shape index (κ2) is 4.43. The number of methoxy groups -OCH3 is 1. The van der Waals surface area contributed by atoms with E-state index in [0.717, 1.165) is 6.54 Å². The highest BCUT2D eigenvalue weighted by molar-refractivity contribution is 4.89. The lowest BCUT2D eigenvalue weighted by Crippen LogP contribution is -2.43. The smallest absolute Gasteiger partial charge is 0.0805 e. The molecule has 1 aliphatic carbocycles. The van der Waals surface area contributed by atoms with E-state index in [9.17, 15) is 0 Å². The molecule has 0 spiro atoms. The van der Waals surface area contributed by atoms with Crippen LogP contribution in [0.1, 0.15) is 39.5 Å². The van der Waals surface area contributed by atoms with E-state index in [4.69, 9.17) is 4.74 Å². The van der Waals surface area contributed by atoms with Gasteiger partial charge in [-0.25, -0.2) is 0 Å². The molecule has 2 nitrogen and oxygen atoms in total. The monoisotopic (exact) mass is 185 g/mol. The minimum Gasteiger partial charge on any atom is -0.377 e. The third-order valence-electron chi connectivity index (χ3n) is 3.37. The fraction of sp³-hybridized carbons (Fsp3) is 1.00. The van der Waals surface area contributed by atoms with Gasteiger partial charge in [0.15, 0.2) is 0 Å². The van der Waals surface area contributed by atoms with E-state index in [2.05, 4.69) is 25.8 Å². The highest BCUT2D eigenvalue weighted by Crippen LogP contribution is 2.33. The maximum absolute atomic E-state index is 5.68. The van der Waals surface area contributed by atoms with Crippen molar-refractivity contribution in [3.63, 3.8) is 0 Å². The molecular formula is C11H23NO. The molecule has 2 heteroatoms. The summed E-state index contributed by atoms with van der Waals surface area (Å²) in [5, 5.41) is 0. The van der Waals surface area contributed by atoms with Crippen molar-refractivity contribution in [2.24, 2.45) is 0 Å². The fourth-order valence-corrected chi connectivity index (χ4v) is 2.08. The molecule has 0 aromatic heterocycles. The number of ether oxygens (including phenoxy) is 1. The van der Waals surface area contributed by atoms with Crippen molar-refractivity contribution in [3.8, 4) is 0 Å². The van der Waals surface area contributed by atoms with E-state index in [1.807, 2.05) is 7.11 Å². The molecule has 0 aromatic rings. The lowest BCUT2D eigenvalue weighted by atomic mass is 10.0. The van der Waals surface area contributed by atoms with Gasteiger partial charge in [-0.3, -0.25) is 0 Å². The van der Waals surface area contributed by atoms with Gasteiger partial charge in [0.2, 0.25) is 0 Å². The van der Waals surface area contributed by atoms with E-state index in [1.165, 1.54) is 25.7 Å². The minimum absolute atomic E-state index is 0.166. The average Bonchev–Trinajstić information content (AvgIpc) is 2.54. The Morgan fingerprint density at radius 1 is 1.31 bits per heavy atom. The van der Waals surface area contributed by atoms with Gasteiger partial charge >= 0.3 is 0 Å². The van der Waals surface area contributed by atoms with Crippen LogP contribution in [0.5, 0.6) is 0 Å². The summed E-state index contributed by atoms with van der Waals surface area (Å²) in [6, 6.07) is 0.618. The van der Waals surface area contributed by atoms with Gasteiger partial charge < -0.3 is 9.64 Å². The Morgan fingerprint density at radius 3 is 2.23 bits per heavy atom. The van der Waals surface area contributed by atoms with Gasteiger partial charge in [0.1, 0.15) is 0 Å². The van der Waals surface area contributed by atoms with Gasteiger partial charge in [-0.1, -0.05) is 12.8 Å². The van der Waals surface area contributed by atoms with E-state index >= 15 is 0 Å². The predicted octanol–water partition coefficient (Wildman–Crippen LogP) is 2.29. The Morgan fingerprint density at radius 2 is 1.85 bits per heavy atom. The first-order chi connectivity index (χ1) is 6.09. The molecule has 0 radical (unpaired) electrons. The third kappa shape index (κ3) is 2.68. The van der Waals surface area contributed by atoms with Crippen LogP contribution in [-0.4, -0.2) is 37.2 Å². The Hall–Kier alpha value is -0.0800. The summed E-state index contributed by atoms with van der Waals surface area (Å²) >= 11 is 0. The quantitative estimate of drug-likeness (QED) is 0.666. The topological polar surface area (TPSA) is 12.5 Å². The number of likely N-dealkylation sites (N-methyl/N-ethyl adjacent to an activating group) is 1. The van der Waals surface area contributed by atoms with E-state index < -0.39 is 0 Å². The van der Waals surface area contributed by atoms with Gasteiger partial charge in [-0.15, -0.1) is 0 Å². The van der Waals surface area contributed by atoms with Gasteiger partial charge in [0.05, 0.1) is 5.60 Å². The lowest BCUT2D eigenvalue weighted by molar-refractivity contribution is -0.0316. The molecule has 0 heterocycles. The summed E-state index contributed by atoms with van der Waals surface area (Å²) in [6.07, 6.45) is 5.14. The SMILES string of the molecule is COC1(CN(C)C(C)C)CCCC1. The maximum Gasteiger partial charge on any atom is 0.0805 e. The van der Waals surface area contributed by atoms with Crippen molar-refractivity contribution in [2.45, 2.75) is 51.2 Å². The predicted molar refractivity (Wildman–Crippen MR) is 56.0 cm³/mol. The van der Waals surface area contributed by atoms with Crippen LogP contribution in [0.3, 0.4) is 0 Å². The summed E-state index contributed by atoms with van der Waals surface area (Å²) in [5.74, 6) is 0. The van der Waals surface area contributed by atoms with Crippen LogP contribution in [0.15, 0.2) is 0 Å². The molecule has 78 valence electrons. The number of hydrogen-bond donors (Lipinski definition) is 0. The van der Waals surface area contributed by atoms with Crippen LogP contribution in [0, 0.1) is 0 Å². The minimum atomic E-state index is 0.166. The third-order valence-corrected chi connectivity index (χ3v) is 3.37. The Kier molecular flexibility index (Phi) is 3.74. The number of nitrogens with zero attached hydrogens (tertiary/aromatic N) is 1. The summed E-state index contributed by atoms with van der Waals surface area (Å²) in [6.45, 7) is 5.55. The van der Waals surface area contributed by atoms with Crippen LogP contribution < -0.4 is 0 Å². The molecule has 0 aliphatic heterocycles. The van der Waals surface area contributed by atoms with Crippen molar-refractivity contribution < 1.29 is 4.74 Å². The molecular weight excluding hydrogens is 162 g/mol. The molecule has 13 heavy (non-hydrogen) atoms. The second-order valence-electron chi connectivity index (χ2n) is 4.60. The lowest BCUT2D eigenvalue weighted by Gasteiger charge is -2.34. The normalized spacial score (nSPS) is 21.7. The molecule has 0 unspecified atom stereocenters. The van der Waals surface area contributed by atoms with Gasteiger partial charge in [-0.05, 0) is 33.7 Å². The zero-order valence-electron chi connectivity index (χ0n) is 9.47. The largest absolute Gasteiger partial charge is 0.377 e. The van der Waals surface area contributed by atoms with Crippen LogP contribution in [0.4, 0.5) is 0 Å². The molecule has 0 amide bonds. The zero-order valence-corrected chi connectivity index (χ0v) is 9.47. The van der Waals surface area contributed by atoms with Crippen molar-refractivity contribution in [3.05, 3.63) is 0 Å². The average molecular weight is 185 g/mol. The van der Waals surface area contributed by atoms with Crippen molar-refractivity contribution >= 4 is 0 Å². The number of rotatable bonds is 4.